The Labute approximate surface area is 78.2 Å². The molecule has 2 rings (SSSR count). The van der Waals surface area contributed by atoms with Gasteiger partial charge in [-0.1, -0.05) is 0 Å². The summed E-state index contributed by atoms with van der Waals surface area (Å²) in [6, 6.07) is 0. The Kier molecular flexibility index (Phi) is 1.90. The number of carbonyl (C=O) groups is 1. The van der Waals surface area contributed by atoms with Crippen molar-refractivity contribution >= 4 is 17.5 Å². The van der Waals surface area contributed by atoms with Gasteiger partial charge in [0, 0.05) is 6.20 Å². The van der Waals surface area contributed by atoms with Gasteiger partial charge in [0.1, 0.15) is 11.4 Å². The van der Waals surface area contributed by atoms with E-state index in [1.165, 1.54) is 12.4 Å². The zero-order chi connectivity index (χ0) is 9.97. The van der Waals surface area contributed by atoms with Crippen LogP contribution in [0.5, 0.6) is 0 Å². The van der Waals surface area contributed by atoms with E-state index in [1.807, 2.05) is 0 Å². The maximum atomic E-state index is 10.7. The van der Waals surface area contributed by atoms with Gasteiger partial charge in [-0.05, 0) is 0 Å². The lowest BCUT2D eigenvalue weighted by Gasteiger charge is -1.99. The Morgan fingerprint density at radius 3 is 2.93 bits per heavy atom. The van der Waals surface area contributed by atoms with Gasteiger partial charge in [-0.25, -0.2) is 4.79 Å². The lowest BCUT2D eigenvalue weighted by Crippen LogP contribution is -1.99. The summed E-state index contributed by atoms with van der Waals surface area (Å²) in [5.41, 5.74) is 0.753. The Bertz CT molecular complexity index is 433. The van der Waals surface area contributed by atoms with Crippen LogP contribution in [0.25, 0.3) is 0 Å². The Morgan fingerprint density at radius 1 is 1.43 bits per heavy atom. The molecule has 0 aliphatic heterocycles. The first-order chi connectivity index (χ1) is 6.77. The summed E-state index contributed by atoms with van der Waals surface area (Å²) in [5.74, 6) is -0.705. The maximum Gasteiger partial charge on any atom is 0.341 e. The number of nitrogens with one attached hydrogen (secondary N) is 3. The van der Waals surface area contributed by atoms with Gasteiger partial charge in [0.25, 0.3) is 0 Å². The Hall–Kier alpha value is -2.31. The molecule has 0 aromatic carbocycles. The molecule has 7 nitrogen and oxygen atoms in total. The third kappa shape index (κ3) is 1.42. The van der Waals surface area contributed by atoms with E-state index in [1.54, 1.807) is 6.20 Å². The molecule has 0 amide bonds. The minimum atomic E-state index is -1.04. The molecule has 0 radical (unpaired) electrons. The van der Waals surface area contributed by atoms with Crippen LogP contribution in [-0.4, -0.2) is 31.5 Å². The van der Waals surface area contributed by atoms with Crippen molar-refractivity contribution in [3.8, 4) is 0 Å². The van der Waals surface area contributed by atoms with Gasteiger partial charge in [0.05, 0.1) is 18.1 Å². The van der Waals surface area contributed by atoms with Crippen molar-refractivity contribution in [1.29, 1.82) is 0 Å². The molecule has 0 saturated carbocycles. The fourth-order valence-electron chi connectivity index (χ4n) is 1.01. The summed E-state index contributed by atoms with van der Waals surface area (Å²) in [6.45, 7) is 0. The van der Waals surface area contributed by atoms with Crippen LogP contribution in [0.1, 0.15) is 10.4 Å². The van der Waals surface area contributed by atoms with Gasteiger partial charge in [-0.3, -0.25) is 10.2 Å². The van der Waals surface area contributed by atoms with Crippen LogP contribution in [0, 0.1) is 0 Å². The number of aromatic carboxylic acids is 1. The molecule has 2 aromatic rings. The van der Waals surface area contributed by atoms with Crippen LogP contribution in [0.2, 0.25) is 0 Å². The summed E-state index contributed by atoms with van der Waals surface area (Å²) in [7, 11) is 0. The number of hydrogen-bond donors (Lipinski definition) is 4. The number of carboxylic acid groups (broad SMARTS) is 1. The highest BCUT2D eigenvalue weighted by Gasteiger charge is 2.12. The van der Waals surface area contributed by atoms with Crippen molar-refractivity contribution in [2.75, 3.05) is 5.32 Å². The lowest BCUT2D eigenvalue weighted by molar-refractivity contribution is 0.0698. The highest BCUT2D eigenvalue weighted by Crippen LogP contribution is 2.16. The summed E-state index contributed by atoms with van der Waals surface area (Å²) >= 11 is 0. The quantitative estimate of drug-likeness (QED) is 0.570. The highest BCUT2D eigenvalue weighted by atomic mass is 16.4. The van der Waals surface area contributed by atoms with Gasteiger partial charge in [-0.2, -0.15) is 10.2 Å². The predicted octanol–water partition coefficient (Wildman–Crippen LogP) is 0.575. The molecular formula is C7H7N5O2. The third-order valence-corrected chi connectivity index (χ3v) is 1.64. The van der Waals surface area contributed by atoms with E-state index in [-0.39, 0.29) is 5.56 Å². The second-order valence-electron chi connectivity index (χ2n) is 2.58. The van der Waals surface area contributed by atoms with Gasteiger partial charge < -0.3 is 10.4 Å². The maximum absolute atomic E-state index is 10.7. The van der Waals surface area contributed by atoms with Gasteiger partial charge in [0.2, 0.25) is 0 Å². The van der Waals surface area contributed by atoms with E-state index in [2.05, 4.69) is 25.7 Å². The monoisotopic (exact) mass is 193 g/mol. The first-order valence-electron chi connectivity index (χ1n) is 3.80. The van der Waals surface area contributed by atoms with Crippen LogP contribution in [0.3, 0.4) is 0 Å². The molecule has 2 aromatic heterocycles. The van der Waals surface area contributed by atoms with Crippen molar-refractivity contribution in [2.24, 2.45) is 0 Å². The summed E-state index contributed by atoms with van der Waals surface area (Å²) in [5, 5.41) is 24.1. The van der Waals surface area contributed by atoms with Gasteiger partial charge in [-0.15, -0.1) is 0 Å². The number of anilines is 2. The number of nitrogens with zero attached hydrogens (tertiary/aromatic N) is 2. The van der Waals surface area contributed by atoms with E-state index >= 15 is 0 Å². The highest BCUT2D eigenvalue weighted by molar-refractivity contribution is 5.93. The zero-order valence-corrected chi connectivity index (χ0v) is 6.98. The van der Waals surface area contributed by atoms with Gasteiger partial charge >= 0.3 is 5.97 Å². The third-order valence-electron chi connectivity index (χ3n) is 1.64. The number of H-pyrrole nitrogens is 2. The smallest absolute Gasteiger partial charge is 0.341 e. The lowest BCUT2D eigenvalue weighted by atomic mass is 10.3. The summed E-state index contributed by atoms with van der Waals surface area (Å²) in [4.78, 5) is 10.7. The molecule has 0 saturated heterocycles. The predicted molar refractivity (Wildman–Crippen MR) is 47.4 cm³/mol. The normalized spacial score (nSPS) is 10.0. The topological polar surface area (TPSA) is 107 Å². The molecule has 0 unspecified atom stereocenters. The Balaban J connectivity index is 2.25. The molecule has 0 spiro atoms. The molecule has 2 heterocycles. The van der Waals surface area contributed by atoms with Crippen molar-refractivity contribution in [3.05, 3.63) is 24.2 Å². The van der Waals surface area contributed by atoms with Gasteiger partial charge in [0.15, 0.2) is 0 Å². The average Bonchev–Trinajstić information content (AvgIpc) is 2.75. The fraction of sp³-hybridized carbons (Fsp3) is 0. The molecule has 7 heteroatoms. The van der Waals surface area contributed by atoms with E-state index in [4.69, 9.17) is 5.11 Å². The van der Waals surface area contributed by atoms with Crippen molar-refractivity contribution < 1.29 is 9.90 Å². The van der Waals surface area contributed by atoms with Crippen LogP contribution in [0.15, 0.2) is 18.6 Å². The van der Waals surface area contributed by atoms with Crippen LogP contribution >= 0.6 is 0 Å². The first-order valence-corrected chi connectivity index (χ1v) is 3.80. The van der Waals surface area contributed by atoms with E-state index < -0.39 is 5.97 Å². The fourth-order valence-corrected chi connectivity index (χ4v) is 1.01. The second-order valence-corrected chi connectivity index (χ2v) is 2.58. The molecule has 72 valence electrons. The second kappa shape index (κ2) is 3.21. The minimum absolute atomic E-state index is 0.0891. The van der Waals surface area contributed by atoms with Crippen LogP contribution in [0.4, 0.5) is 11.5 Å². The standard InChI is InChI=1S/C7H7N5O2/c13-7(14)5-3-10-12-6(5)11-4-1-8-9-2-4/h1-3H,(H,8,9)(H,13,14)(H2,10,11,12). The molecular weight excluding hydrogens is 186 g/mol. The first kappa shape index (κ1) is 8.30. The molecule has 0 aliphatic rings. The number of carboxylic acids is 1. The summed E-state index contributed by atoms with van der Waals surface area (Å²) in [6.07, 6.45) is 4.38. The summed E-state index contributed by atoms with van der Waals surface area (Å²) < 4.78 is 0. The number of aromatic nitrogens is 4. The van der Waals surface area contributed by atoms with E-state index in [0.717, 1.165) is 0 Å². The van der Waals surface area contributed by atoms with Crippen LogP contribution in [-0.2, 0) is 0 Å². The van der Waals surface area contributed by atoms with Crippen LogP contribution < -0.4 is 5.32 Å². The average molecular weight is 193 g/mol. The zero-order valence-electron chi connectivity index (χ0n) is 6.98. The SMILES string of the molecule is O=C(O)c1cn[nH]c1Nc1cn[nH]c1. The van der Waals surface area contributed by atoms with Crippen molar-refractivity contribution in [2.45, 2.75) is 0 Å². The number of rotatable bonds is 3. The molecule has 0 aliphatic carbocycles. The molecule has 0 atom stereocenters. The molecule has 0 bridgehead atoms. The molecule has 4 N–H and O–H groups in total. The molecule has 0 fully saturated rings. The van der Waals surface area contributed by atoms with E-state index in [0.29, 0.717) is 11.5 Å². The van der Waals surface area contributed by atoms with Crippen molar-refractivity contribution in [1.82, 2.24) is 20.4 Å². The minimum Gasteiger partial charge on any atom is -0.477 e. The Morgan fingerprint density at radius 2 is 2.29 bits per heavy atom. The number of aromatic amines is 2. The molecule has 14 heavy (non-hydrogen) atoms. The van der Waals surface area contributed by atoms with E-state index in [9.17, 15) is 4.79 Å². The number of hydrogen-bond acceptors (Lipinski definition) is 4. The van der Waals surface area contributed by atoms with Crippen molar-refractivity contribution in [3.63, 3.8) is 0 Å². The largest absolute Gasteiger partial charge is 0.477 e.